The maximum absolute atomic E-state index is 13.3. The highest BCUT2D eigenvalue weighted by Gasteiger charge is 2.20. The molecule has 0 spiro atoms. The van der Waals surface area contributed by atoms with Crippen LogP contribution in [0.15, 0.2) is 103 Å². The predicted octanol–water partition coefficient (Wildman–Crippen LogP) is 6.97. The van der Waals surface area contributed by atoms with Crippen LogP contribution in [0, 0.1) is 6.92 Å². The number of rotatable bonds is 8. The summed E-state index contributed by atoms with van der Waals surface area (Å²) in [5.74, 6) is 0.240. The number of carbonyl (C=O) groups excluding carboxylic acids is 2. The van der Waals surface area contributed by atoms with Crippen molar-refractivity contribution in [3.63, 3.8) is 0 Å². The minimum absolute atomic E-state index is 0.162. The Morgan fingerprint density at radius 3 is 2.35 bits per heavy atom. The van der Waals surface area contributed by atoms with Crippen molar-refractivity contribution in [2.45, 2.75) is 20.1 Å². The molecule has 0 atom stereocenters. The number of carbonyl (C=O) groups is 2. The maximum atomic E-state index is 13.3. The summed E-state index contributed by atoms with van der Waals surface area (Å²) < 4.78 is 7.16. The number of benzene rings is 4. The normalized spacial score (nSPS) is 10.7. The highest BCUT2D eigenvalue weighted by Crippen LogP contribution is 2.38. The van der Waals surface area contributed by atoms with Gasteiger partial charge in [-0.25, -0.2) is 0 Å². The number of ether oxygens (including phenoxy) is 1. The fourth-order valence-electron chi connectivity index (χ4n) is 4.09. The Morgan fingerprint density at radius 1 is 0.784 bits per heavy atom. The minimum atomic E-state index is -0.196. The molecule has 0 aliphatic carbocycles. The summed E-state index contributed by atoms with van der Waals surface area (Å²) in [6.07, 6.45) is 0. The lowest BCUT2D eigenvalue weighted by molar-refractivity contribution is 0.0950. The lowest BCUT2D eigenvalue weighted by atomic mass is 10.1. The molecule has 5 nitrogen and oxygen atoms in total. The van der Waals surface area contributed by atoms with E-state index in [0.29, 0.717) is 35.0 Å². The summed E-state index contributed by atoms with van der Waals surface area (Å²) >= 11 is 1.42. The van der Waals surface area contributed by atoms with Gasteiger partial charge >= 0.3 is 0 Å². The van der Waals surface area contributed by atoms with Crippen LogP contribution in [-0.4, -0.2) is 11.8 Å². The van der Waals surface area contributed by atoms with Crippen molar-refractivity contribution in [1.29, 1.82) is 0 Å². The van der Waals surface area contributed by atoms with Gasteiger partial charge in [0, 0.05) is 27.9 Å². The zero-order valence-corrected chi connectivity index (χ0v) is 21.2. The number of hydrogen-bond donors (Lipinski definition) is 2. The highest BCUT2D eigenvalue weighted by atomic mass is 32.1. The SMILES string of the molecule is Cc1ccccc1C(=O)Nc1cccc(CNC(=O)c2sc3ccccc3c2OCc2ccccc2)c1. The van der Waals surface area contributed by atoms with Crippen LogP contribution in [0.25, 0.3) is 10.1 Å². The number of hydrogen-bond acceptors (Lipinski definition) is 4. The second-order valence-corrected chi connectivity index (χ2v) is 9.74. The predicted molar refractivity (Wildman–Crippen MR) is 149 cm³/mol. The van der Waals surface area contributed by atoms with Gasteiger partial charge in [-0.05, 0) is 53.9 Å². The molecule has 2 N–H and O–H groups in total. The average molecular weight is 507 g/mol. The molecule has 0 bridgehead atoms. The molecular weight excluding hydrogens is 480 g/mol. The third-order valence-electron chi connectivity index (χ3n) is 6.01. The Kier molecular flexibility index (Phi) is 7.28. The number of aryl methyl sites for hydroxylation is 1. The van der Waals surface area contributed by atoms with Crippen molar-refractivity contribution in [3.8, 4) is 5.75 Å². The van der Waals surface area contributed by atoms with Crippen molar-refractivity contribution in [2.75, 3.05) is 5.32 Å². The van der Waals surface area contributed by atoms with Crippen LogP contribution in [0.1, 0.15) is 36.7 Å². The monoisotopic (exact) mass is 506 g/mol. The van der Waals surface area contributed by atoms with Gasteiger partial charge < -0.3 is 15.4 Å². The lowest BCUT2D eigenvalue weighted by Gasteiger charge is -2.11. The molecule has 0 unspecified atom stereocenters. The van der Waals surface area contributed by atoms with Crippen molar-refractivity contribution in [2.24, 2.45) is 0 Å². The Balaban J connectivity index is 1.29. The van der Waals surface area contributed by atoms with Crippen LogP contribution in [-0.2, 0) is 13.2 Å². The van der Waals surface area contributed by atoms with Crippen molar-refractivity contribution in [3.05, 3.63) is 130 Å². The van der Waals surface area contributed by atoms with Gasteiger partial charge in [0.1, 0.15) is 11.5 Å². The Labute approximate surface area is 219 Å². The smallest absolute Gasteiger partial charge is 0.265 e. The molecule has 0 saturated heterocycles. The van der Waals surface area contributed by atoms with E-state index >= 15 is 0 Å². The number of amides is 2. The topological polar surface area (TPSA) is 67.4 Å². The van der Waals surface area contributed by atoms with E-state index in [-0.39, 0.29) is 11.8 Å². The first-order valence-corrected chi connectivity index (χ1v) is 12.8. The van der Waals surface area contributed by atoms with Gasteiger partial charge in [-0.3, -0.25) is 9.59 Å². The summed E-state index contributed by atoms with van der Waals surface area (Å²) in [7, 11) is 0. The molecule has 0 aliphatic rings. The van der Waals surface area contributed by atoms with E-state index in [2.05, 4.69) is 10.6 Å². The summed E-state index contributed by atoms with van der Waals surface area (Å²) in [5, 5.41) is 6.89. The zero-order valence-electron chi connectivity index (χ0n) is 20.4. The van der Waals surface area contributed by atoms with Crippen molar-refractivity contribution in [1.82, 2.24) is 5.32 Å². The first-order chi connectivity index (χ1) is 18.1. The standard InChI is InChI=1S/C31H26N2O3S/c1-21-10-5-6-15-25(21)30(34)33-24-14-9-13-23(18-24)19-32-31(35)29-28(26-16-7-8-17-27(26)37-29)36-20-22-11-3-2-4-12-22/h2-18H,19-20H2,1H3,(H,32,35)(H,33,34). The quantitative estimate of drug-likeness (QED) is 0.239. The van der Waals surface area contributed by atoms with Gasteiger partial charge in [0.15, 0.2) is 5.75 Å². The van der Waals surface area contributed by atoms with E-state index in [0.717, 1.165) is 26.8 Å². The maximum Gasteiger partial charge on any atom is 0.265 e. The largest absolute Gasteiger partial charge is 0.487 e. The van der Waals surface area contributed by atoms with Crippen molar-refractivity contribution < 1.29 is 14.3 Å². The van der Waals surface area contributed by atoms with Gasteiger partial charge in [-0.2, -0.15) is 0 Å². The highest BCUT2D eigenvalue weighted by molar-refractivity contribution is 7.21. The van der Waals surface area contributed by atoms with Crippen LogP contribution in [0.2, 0.25) is 0 Å². The lowest BCUT2D eigenvalue weighted by Crippen LogP contribution is -2.22. The summed E-state index contributed by atoms with van der Waals surface area (Å²) in [5.41, 5.74) is 4.14. The molecule has 0 saturated carbocycles. The Bertz CT molecular complexity index is 1560. The van der Waals surface area contributed by atoms with Crippen LogP contribution in [0.5, 0.6) is 5.75 Å². The van der Waals surface area contributed by atoms with E-state index in [1.54, 1.807) is 6.07 Å². The summed E-state index contributed by atoms with van der Waals surface area (Å²) in [6, 6.07) is 32.7. The number of thiophene rings is 1. The zero-order chi connectivity index (χ0) is 25.6. The molecule has 1 aromatic heterocycles. The number of anilines is 1. The van der Waals surface area contributed by atoms with E-state index in [1.165, 1.54) is 11.3 Å². The fourth-order valence-corrected chi connectivity index (χ4v) is 5.16. The summed E-state index contributed by atoms with van der Waals surface area (Å²) in [6.45, 7) is 2.61. The fraction of sp³-hybridized carbons (Fsp3) is 0.0968. The molecule has 6 heteroatoms. The molecule has 5 aromatic rings. The minimum Gasteiger partial charge on any atom is -0.487 e. The van der Waals surface area contributed by atoms with Gasteiger partial charge in [0.25, 0.3) is 11.8 Å². The van der Waals surface area contributed by atoms with E-state index in [9.17, 15) is 9.59 Å². The molecule has 0 radical (unpaired) electrons. The second kappa shape index (κ2) is 11.1. The molecule has 0 fully saturated rings. The third kappa shape index (κ3) is 5.71. The van der Waals surface area contributed by atoms with Gasteiger partial charge in [-0.15, -0.1) is 11.3 Å². The first-order valence-electron chi connectivity index (χ1n) is 12.0. The summed E-state index contributed by atoms with van der Waals surface area (Å²) in [4.78, 5) is 26.5. The van der Waals surface area contributed by atoms with Crippen LogP contribution >= 0.6 is 11.3 Å². The van der Waals surface area contributed by atoms with Gasteiger partial charge in [-0.1, -0.05) is 72.8 Å². The molecule has 2 amide bonds. The van der Waals surface area contributed by atoms with Crippen molar-refractivity contribution >= 4 is 38.9 Å². The second-order valence-electron chi connectivity index (χ2n) is 8.68. The van der Waals surface area contributed by atoms with Crippen LogP contribution in [0.4, 0.5) is 5.69 Å². The van der Waals surface area contributed by atoms with Crippen LogP contribution < -0.4 is 15.4 Å². The van der Waals surface area contributed by atoms with E-state index < -0.39 is 0 Å². The molecule has 4 aromatic carbocycles. The van der Waals surface area contributed by atoms with E-state index in [4.69, 9.17) is 4.74 Å². The molecule has 0 aliphatic heterocycles. The Hall–Kier alpha value is -4.42. The molecule has 5 rings (SSSR count). The van der Waals surface area contributed by atoms with Crippen LogP contribution in [0.3, 0.4) is 0 Å². The molecular formula is C31H26N2O3S. The number of nitrogens with one attached hydrogen (secondary N) is 2. The average Bonchev–Trinajstić information content (AvgIpc) is 3.30. The Morgan fingerprint density at radius 2 is 1.51 bits per heavy atom. The molecule has 37 heavy (non-hydrogen) atoms. The van der Waals surface area contributed by atoms with E-state index in [1.807, 2.05) is 104 Å². The molecule has 184 valence electrons. The molecule has 1 heterocycles. The van der Waals surface area contributed by atoms with Gasteiger partial charge in [0.05, 0.1) is 0 Å². The first kappa shape index (κ1) is 24.3. The third-order valence-corrected chi connectivity index (χ3v) is 7.16. The number of fused-ring (bicyclic) bond motifs is 1. The van der Waals surface area contributed by atoms with Gasteiger partial charge in [0.2, 0.25) is 0 Å².